The van der Waals surface area contributed by atoms with Gasteiger partial charge in [-0.25, -0.2) is 9.96 Å². The van der Waals surface area contributed by atoms with Crippen molar-refractivity contribution in [3.63, 3.8) is 0 Å². The average Bonchev–Trinajstić information content (AvgIpc) is 3.29. The molecule has 0 bridgehead atoms. The van der Waals surface area contributed by atoms with Crippen LogP contribution in [0.4, 0.5) is 11.4 Å². The van der Waals surface area contributed by atoms with Crippen LogP contribution in [0.5, 0.6) is 0 Å². The van der Waals surface area contributed by atoms with Crippen molar-refractivity contribution in [1.82, 2.24) is 0 Å². The molecule has 2 heterocycles. The van der Waals surface area contributed by atoms with Crippen LogP contribution in [0.2, 0.25) is 5.02 Å². The number of anilines is 2. The van der Waals surface area contributed by atoms with Crippen molar-refractivity contribution in [1.29, 1.82) is 0 Å². The van der Waals surface area contributed by atoms with Crippen LogP contribution in [0.3, 0.4) is 0 Å². The number of amides is 2. The molecular formula is C25H19ClN2O3. The molecule has 2 saturated heterocycles. The van der Waals surface area contributed by atoms with Crippen LogP contribution in [0, 0.1) is 5.92 Å². The second kappa shape index (κ2) is 8.02. The summed E-state index contributed by atoms with van der Waals surface area (Å²) in [7, 11) is 0. The lowest BCUT2D eigenvalue weighted by molar-refractivity contribution is -0.126. The molecule has 0 N–H and O–H groups in total. The first-order valence-corrected chi connectivity index (χ1v) is 10.4. The topological polar surface area (TPSA) is 49.9 Å². The summed E-state index contributed by atoms with van der Waals surface area (Å²) in [5, 5.41) is 2.29. The van der Waals surface area contributed by atoms with E-state index in [1.54, 1.807) is 35.4 Å². The van der Waals surface area contributed by atoms with Gasteiger partial charge in [-0.15, -0.1) is 0 Å². The quantitative estimate of drug-likeness (QED) is 0.561. The highest BCUT2D eigenvalue weighted by Gasteiger charge is 2.59. The Bertz CT molecular complexity index is 1150. The molecule has 2 aliphatic heterocycles. The maximum atomic E-state index is 13.4. The molecule has 5 rings (SSSR count). The smallest absolute Gasteiger partial charge is 0.266 e. The molecule has 3 atom stereocenters. The monoisotopic (exact) mass is 430 g/mol. The molecular weight excluding hydrogens is 412 g/mol. The maximum Gasteiger partial charge on any atom is 0.266 e. The van der Waals surface area contributed by atoms with Crippen molar-refractivity contribution in [2.75, 3.05) is 9.96 Å². The van der Waals surface area contributed by atoms with E-state index in [0.717, 1.165) is 11.3 Å². The number of rotatable bonds is 4. The maximum absolute atomic E-state index is 13.4. The standard InChI is InChI=1S/C25H19ClN2O3/c26-18-9-7-8-17(16-18)14-15-21-22-23(31-28(21)20-12-5-2-6-13-20)25(30)27(24(22)29)19-10-3-1-4-11-19/h1-16,21-23H/b15-14+/t21?,22-,23+/m0/s1. The largest absolute Gasteiger partial charge is 0.273 e. The summed E-state index contributed by atoms with van der Waals surface area (Å²) in [5.41, 5.74) is 2.24. The van der Waals surface area contributed by atoms with Crippen molar-refractivity contribution < 1.29 is 14.4 Å². The third kappa shape index (κ3) is 3.52. The zero-order chi connectivity index (χ0) is 21.4. The van der Waals surface area contributed by atoms with Gasteiger partial charge in [0.05, 0.1) is 17.4 Å². The highest BCUT2D eigenvalue weighted by Crippen LogP contribution is 2.41. The van der Waals surface area contributed by atoms with E-state index >= 15 is 0 Å². The first-order chi connectivity index (χ1) is 15.1. The number of halogens is 1. The second-order valence-corrected chi connectivity index (χ2v) is 7.90. The van der Waals surface area contributed by atoms with Gasteiger partial charge < -0.3 is 0 Å². The van der Waals surface area contributed by atoms with Gasteiger partial charge in [0.25, 0.3) is 5.91 Å². The summed E-state index contributed by atoms with van der Waals surface area (Å²) >= 11 is 6.11. The molecule has 5 nitrogen and oxygen atoms in total. The number of imide groups is 1. The van der Waals surface area contributed by atoms with E-state index in [-0.39, 0.29) is 11.8 Å². The van der Waals surface area contributed by atoms with Gasteiger partial charge in [0.2, 0.25) is 5.91 Å². The summed E-state index contributed by atoms with van der Waals surface area (Å²) in [4.78, 5) is 33.9. The normalized spacial score (nSPS) is 23.1. The Morgan fingerprint density at radius 2 is 1.48 bits per heavy atom. The molecule has 0 aromatic heterocycles. The average molecular weight is 431 g/mol. The van der Waals surface area contributed by atoms with E-state index in [2.05, 4.69) is 0 Å². The lowest BCUT2D eigenvalue weighted by Gasteiger charge is -2.26. The summed E-state index contributed by atoms with van der Waals surface area (Å²) in [6, 6.07) is 25.4. The fourth-order valence-corrected chi connectivity index (χ4v) is 4.30. The first kappa shape index (κ1) is 19.5. The Labute approximate surface area is 185 Å². The number of benzene rings is 3. The molecule has 2 amide bonds. The molecule has 2 aliphatic rings. The summed E-state index contributed by atoms with van der Waals surface area (Å²) < 4.78 is 0. The number of hydroxylamine groups is 1. The van der Waals surface area contributed by atoms with Crippen molar-refractivity contribution >= 4 is 40.9 Å². The second-order valence-electron chi connectivity index (χ2n) is 7.47. The zero-order valence-electron chi connectivity index (χ0n) is 16.5. The molecule has 2 fully saturated rings. The number of hydrogen-bond donors (Lipinski definition) is 0. The Kier molecular flexibility index (Phi) is 5.06. The lowest BCUT2D eigenvalue weighted by Crippen LogP contribution is -2.39. The minimum atomic E-state index is -0.873. The molecule has 6 heteroatoms. The van der Waals surface area contributed by atoms with Gasteiger partial charge in [-0.3, -0.25) is 14.4 Å². The summed E-state index contributed by atoms with van der Waals surface area (Å²) in [5.74, 6) is -1.26. The predicted octanol–water partition coefficient (Wildman–Crippen LogP) is 4.73. The van der Waals surface area contributed by atoms with Crippen molar-refractivity contribution in [2.45, 2.75) is 12.1 Å². The Hall–Kier alpha value is -3.41. The Balaban J connectivity index is 1.53. The highest BCUT2D eigenvalue weighted by atomic mass is 35.5. The van der Waals surface area contributed by atoms with E-state index in [1.807, 2.05) is 66.7 Å². The van der Waals surface area contributed by atoms with E-state index < -0.39 is 18.1 Å². The minimum Gasteiger partial charge on any atom is -0.273 e. The van der Waals surface area contributed by atoms with Gasteiger partial charge in [0, 0.05) is 5.02 Å². The molecule has 0 spiro atoms. The van der Waals surface area contributed by atoms with E-state index in [4.69, 9.17) is 16.4 Å². The van der Waals surface area contributed by atoms with Crippen molar-refractivity contribution in [3.05, 3.63) is 102 Å². The molecule has 1 unspecified atom stereocenters. The Morgan fingerprint density at radius 3 is 2.16 bits per heavy atom. The van der Waals surface area contributed by atoms with Crippen LogP contribution in [-0.2, 0) is 14.4 Å². The number of hydrogen-bond acceptors (Lipinski definition) is 4. The third-order valence-electron chi connectivity index (χ3n) is 5.52. The van der Waals surface area contributed by atoms with Gasteiger partial charge >= 0.3 is 0 Å². The minimum absolute atomic E-state index is 0.264. The number of para-hydroxylation sites is 2. The highest BCUT2D eigenvalue weighted by molar-refractivity contribution is 6.30. The van der Waals surface area contributed by atoms with Crippen LogP contribution in [0.15, 0.2) is 91.0 Å². The summed E-state index contributed by atoms with van der Waals surface area (Å²) in [6.07, 6.45) is 2.94. The van der Waals surface area contributed by atoms with E-state index in [0.29, 0.717) is 10.7 Å². The number of carbonyl (C=O) groups excluding carboxylic acids is 2. The van der Waals surface area contributed by atoms with Gasteiger partial charge in [-0.2, -0.15) is 0 Å². The molecule has 0 aliphatic carbocycles. The molecule has 154 valence electrons. The van der Waals surface area contributed by atoms with E-state index in [9.17, 15) is 9.59 Å². The SMILES string of the molecule is O=C1[C@@H]2ON(c3ccccc3)C(/C=C/c3cccc(Cl)c3)[C@@H]2C(=O)N1c1ccccc1. The zero-order valence-corrected chi connectivity index (χ0v) is 17.2. The molecule has 0 radical (unpaired) electrons. The fourth-order valence-electron chi connectivity index (χ4n) is 4.10. The number of carbonyl (C=O) groups is 2. The molecule has 3 aromatic carbocycles. The van der Waals surface area contributed by atoms with Crippen LogP contribution < -0.4 is 9.96 Å². The van der Waals surface area contributed by atoms with Crippen LogP contribution in [0.25, 0.3) is 6.08 Å². The number of nitrogens with zero attached hydrogens (tertiary/aromatic N) is 2. The van der Waals surface area contributed by atoms with Gasteiger partial charge in [0.15, 0.2) is 6.10 Å². The third-order valence-corrected chi connectivity index (χ3v) is 5.76. The van der Waals surface area contributed by atoms with Crippen molar-refractivity contribution in [3.8, 4) is 0 Å². The Morgan fingerprint density at radius 1 is 0.806 bits per heavy atom. The van der Waals surface area contributed by atoms with E-state index in [1.165, 1.54) is 4.90 Å². The van der Waals surface area contributed by atoms with Gasteiger partial charge in [-0.1, -0.05) is 72.3 Å². The van der Waals surface area contributed by atoms with Crippen LogP contribution in [0.1, 0.15) is 5.56 Å². The predicted molar refractivity (Wildman–Crippen MR) is 120 cm³/mol. The van der Waals surface area contributed by atoms with Crippen LogP contribution in [-0.4, -0.2) is 24.0 Å². The first-order valence-electron chi connectivity index (χ1n) is 10.0. The molecule has 31 heavy (non-hydrogen) atoms. The fraction of sp³-hybridized carbons (Fsp3) is 0.120. The van der Waals surface area contributed by atoms with Crippen molar-refractivity contribution in [2.24, 2.45) is 5.92 Å². The summed E-state index contributed by atoms with van der Waals surface area (Å²) in [6.45, 7) is 0. The molecule has 0 saturated carbocycles. The number of fused-ring (bicyclic) bond motifs is 1. The van der Waals surface area contributed by atoms with Crippen LogP contribution >= 0.6 is 11.6 Å². The lowest BCUT2D eigenvalue weighted by atomic mass is 9.95. The van der Waals surface area contributed by atoms with Gasteiger partial charge in [0.1, 0.15) is 5.92 Å². The van der Waals surface area contributed by atoms with Gasteiger partial charge in [-0.05, 0) is 42.0 Å². The molecule has 3 aromatic rings.